The average molecular weight is 114 g/mol. The maximum Gasteiger partial charge on any atom is 0.177 e. The molecule has 3 nitrogen and oxygen atoms in total. The van der Waals surface area contributed by atoms with Gasteiger partial charge in [-0.05, 0) is 0 Å². The first-order valence-electron chi connectivity index (χ1n) is 2.71. The lowest BCUT2D eigenvalue weighted by Crippen LogP contribution is -2.49. The van der Waals surface area contributed by atoms with E-state index in [4.69, 9.17) is 10.1 Å². The fourth-order valence-electron chi connectivity index (χ4n) is 0.596. The molecule has 8 heavy (non-hydrogen) atoms. The normalized spacial score (nSPS) is 19.6. The lowest BCUT2D eigenvalue weighted by molar-refractivity contribution is 0.127. The molecule has 1 aliphatic rings. The highest BCUT2D eigenvalue weighted by molar-refractivity contribution is 5.69. The molecule has 0 saturated carbocycles. The summed E-state index contributed by atoms with van der Waals surface area (Å²) in [6.07, 6.45) is 0.271. The van der Waals surface area contributed by atoms with Gasteiger partial charge in [-0.25, -0.2) is 0 Å². The molecule has 0 unspecified atom stereocenters. The van der Waals surface area contributed by atoms with Gasteiger partial charge in [-0.3, -0.25) is 5.41 Å². The number of ether oxygens (including phenoxy) is 1. The molecule has 1 rings (SSSR count). The molecule has 0 aromatic rings. The summed E-state index contributed by atoms with van der Waals surface area (Å²) in [5.74, 6) is 0.316. The zero-order valence-electron chi connectivity index (χ0n) is 4.90. The van der Waals surface area contributed by atoms with Crippen LogP contribution in [0.15, 0.2) is 0 Å². The van der Waals surface area contributed by atoms with Crippen LogP contribution in [0.2, 0.25) is 0 Å². The Labute approximate surface area is 48.5 Å². The van der Waals surface area contributed by atoms with Crippen LogP contribution in [0.4, 0.5) is 0 Å². The van der Waals surface area contributed by atoms with Crippen molar-refractivity contribution in [3.05, 3.63) is 0 Å². The van der Waals surface area contributed by atoms with Crippen molar-refractivity contribution in [2.75, 3.05) is 13.1 Å². The summed E-state index contributed by atoms with van der Waals surface area (Å²) >= 11 is 0. The van der Waals surface area contributed by atoms with Gasteiger partial charge in [-0.1, -0.05) is 0 Å². The highest BCUT2D eigenvalue weighted by Crippen LogP contribution is 1.96. The molecule has 0 aromatic carbocycles. The summed E-state index contributed by atoms with van der Waals surface area (Å²) in [5, 5.41) is 9.96. The maximum absolute atomic E-state index is 6.91. The van der Waals surface area contributed by atoms with E-state index in [0.717, 1.165) is 13.1 Å². The van der Waals surface area contributed by atoms with Crippen molar-refractivity contribution in [1.29, 1.82) is 5.41 Å². The molecule has 46 valence electrons. The summed E-state index contributed by atoms with van der Waals surface area (Å²) < 4.78 is 5.01. The summed E-state index contributed by atoms with van der Waals surface area (Å²) in [6, 6.07) is 0. The van der Waals surface area contributed by atoms with Gasteiger partial charge < -0.3 is 10.1 Å². The minimum absolute atomic E-state index is 0.271. The van der Waals surface area contributed by atoms with Crippen LogP contribution in [0.1, 0.15) is 6.92 Å². The van der Waals surface area contributed by atoms with Crippen molar-refractivity contribution in [3.8, 4) is 0 Å². The zero-order chi connectivity index (χ0) is 5.98. The van der Waals surface area contributed by atoms with Gasteiger partial charge in [0.25, 0.3) is 0 Å². The van der Waals surface area contributed by atoms with Crippen LogP contribution in [0, 0.1) is 5.41 Å². The third-order valence-electron chi connectivity index (χ3n) is 1.09. The van der Waals surface area contributed by atoms with E-state index >= 15 is 0 Å². The van der Waals surface area contributed by atoms with Gasteiger partial charge in [0.2, 0.25) is 0 Å². The highest BCUT2D eigenvalue weighted by atomic mass is 16.5. The van der Waals surface area contributed by atoms with Crippen molar-refractivity contribution < 1.29 is 4.74 Å². The van der Waals surface area contributed by atoms with E-state index < -0.39 is 0 Å². The lowest BCUT2D eigenvalue weighted by atomic mass is 10.2. The van der Waals surface area contributed by atoms with Crippen LogP contribution in [-0.4, -0.2) is 25.1 Å². The summed E-state index contributed by atoms with van der Waals surface area (Å²) in [5.41, 5.74) is 0. The first-order valence-corrected chi connectivity index (χ1v) is 2.71. The molecular weight excluding hydrogens is 104 g/mol. The predicted octanol–water partition coefficient (Wildman–Crippen LogP) is -0.0280. The minimum atomic E-state index is 0.271. The van der Waals surface area contributed by atoms with Crippen LogP contribution in [0.25, 0.3) is 0 Å². The van der Waals surface area contributed by atoms with Gasteiger partial charge in [-0.2, -0.15) is 0 Å². The van der Waals surface area contributed by atoms with Crippen molar-refractivity contribution in [3.63, 3.8) is 0 Å². The average Bonchev–Trinajstić information content (AvgIpc) is 1.55. The summed E-state index contributed by atoms with van der Waals surface area (Å²) in [4.78, 5) is 0. The quantitative estimate of drug-likeness (QED) is 0.371. The molecule has 0 amide bonds. The standard InChI is InChI=1S/C5H10N2O/c1-4(6)8-5-2-7-3-5/h5-7H,2-3H2,1H3. The molecule has 0 aromatic heterocycles. The van der Waals surface area contributed by atoms with E-state index in [0.29, 0.717) is 5.90 Å². The van der Waals surface area contributed by atoms with E-state index in [1.165, 1.54) is 0 Å². The molecule has 0 spiro atoms. The second kappa shape index (κ2) is 2.13. The molecule has 0 bridgehead atoms. The highest BCUT2D eigenvalue weighted by Gasteiger charge is 2.17. The van der Waals surface area contributed by atoms with Gasteiger partial charge in [0.1, 0.15) is 6.10 Å². The Morgan fingerprint density at radius 3 is 2.50 bits per heavy atom. The Hall–Kier alpha value is -0.570. The Bertz CT molecular complexity index is 98.6. The molecule has 0 aliphatic carbocycles. The SMILES string of the molecule is CC(=N)OC1CNC1. The van der Waals surface area contributed by atoms with Crippen molar-refractivity contribution >= 4 is 5.90 Å². The van der Waals surface area contributed by atoms with E-state index in [9.17, 15) is 0 Å². The monoisotopic (exact) mass is 114 g/mol. The van der Waals surface area contributed by atoms with Crippen LogP contribution in [0.5, 0.6) is 0 Å². The second-order valence-corrected chi connectivity index (χ2v) is 1.95. The molecule has 1 fully saturated rings. The van der Waals surface area contributed by atoms with Crippen LogP contribution >= 0.6 is 0 Å². The molecular formula is C5H10N2O. The van der Waals surface area contributed by atoms with Gasteiger partial charge in [-0.15, -0.1) is 0 Å². The number of hydrogen-bond acceptors (Lipinski definition) is 3. The number of rotatable bonds is 1. The van der Waals surface area contributed by atoms with Crippen molar-refractivity contribution in [2.45, 2.75) is 13.0 Å². The van der Waals surface area contributed by atoms with Crippen LogP contribution in [-0.2, 0) is 4.74 Å². The molecule has 1 heterocycles. The van der Waals surface area contributed by atoms with E-state index in [1.54, 1.807) is 6.92 Å². The molecule has 1 aliphatic heterocycles. The lowest BCUT2D eigenvalue weighted by Gasteiger charge is -2.26. The fourth-order valence-corrected chi connectivity index (χ4v) is 0.596. The first kappa shape index (κ1) is 5.56. The van der Waals surface area contributed by atoms with Crippen LogP contribution < -0.4 is 5.32 Å². The number of hydrogen-bond donors (Lipinski definition) is 2. The smallest absolute Gasteiger partial charge is 0.177 e. The van der Waals surface area contributed by atoms with Gasteiger partial charge in [0.15, 0.2) is 5.90 Å². The van der Waals surface area contributed by atoms with Gasteiger partial charge >= 0.3 is 0 Å². The van der Waals surface area contributed by atoms with Gasteiger partial charge in [0, 0.05) is 20.0 Å². The molecule has 2 N–H and O–H groups in total. The van der Waals surface area contributed by atoms with E-state index in [-0.39, 0.29) is 6.10 Å². The molecule has 3 heteroatoms. The second-order valence-electron chi connectivity index (χ2n) is 1.95. The van der Waals surface area contributed by atoms with Gasteiger partial charge in [0.05, 0.1) is 0 Å². The third-order valence-corrected chi connectivity index (χ3v) is 1.09. The van der Waals surface area contributed by atoms with E-state index in [1.807, 2.05) is 0 Å². The van der Waals surface area contributed by atoms with E-state index in [2.05, 4.69) is 5.32 Å². The van der Waals surface area contributed by atoms with Crippen LogP contribution in [0.3, 0.4) is 0 Å². The Balaban J connectivity index is 2.09. The number of nitrogens with one attached hydrogen (secondary N) is 2. The third kappa shape index (κ3) is 1.20. The maximum atomic E-state index is 6.91. The van der Waals surface area contributed by atoms with Crippen molar-refractivity contribution in [2.24, 2.45) is 0 Å². The van der Waals surface area contributed by atoms with Crippen molar-refractivity contribution in [1.82, 2.24) is 5.32 Å². The molecule has 1 saturated heterocycles. The molecule has 0 atom stereocenters. The Kier molecular flexibility index (Phi) is 1.48. The summed E-state index contributed by atoms with van der Waals surface area (Å²) in [7, 11) is 0. The fraction of sp³-hybridized carbons (Fsp3) is 0.800. The largest absolute Gasteiger partial charge is 0.476 e. The Morgan fingerprint density at radius 2 is 2.38 bits per heavy atom. The minimum Gasteiger partial charge on any atom is -0.476 e. The predicted molar refractivity (Wildman–Crippen MR) is 31.1 cm³/mol. The summed E-state index contributed by atoms with van der Waals surface area (Å²) in [6.45, 7) is 3.45. The molecule has 0 radical (unpaired) electrons. The first-order chi connectivity index (χ1) is 3.79. The Morgan fingerprint density at radius 1 is 1.75 bits per heavy atom. The zero-order valence-corrected chi connectivity index (χ0v) is 4.90. The topological polar surface area (TPSA) is 45.1 Å².